The summed E-state index contributed by atoms with van der Waals surface area (Å²) in [7, 11) is 0. The lowest BCUT2D eigenvalue weighted by Crippen LogP contribution is -2.49. The molecule has 11 nitrogen and oxygen atoms in total. The fourth-order valence-electron chi connectivity index (χ4n) is 4.66. The van der Waals surface area contributed by atoms with Crippen molar-refractivity contribution in [3.05, 3.63) is 66.5 Å². The molecule has 0 radical (unpaired) electrons. The van der Waals surface area contributed by atoms with Gasteiger partial charge in [-0.05, 0) is 44.2 Å². The highest BCUT2D eigenvalue weighted by molar-refractivity contribution is 5.85. The number of imidazole rings is 2. The van der Waals surface area contributed by atoms with E-state index in [1.807, 2.05) is 30.3 Å². The smallest absolute Gasteiger partial charge is 0.475 e. The highest BCUT2D eigenvalue weighted by Crippen LogP contribution is 2.26. The Hall–Kier alpha value is -4.79. The van der Waals surface area contributed by atoms with Gasteiger partial charge in [0.05, 0.1) is 23.3 Å². The molecule has 0 atom stereocenters. The van der Waals surface area contributed by atoms with Gasteiger partial charge in [-0.2, -0.15) is 23.1 Å². The number of anilines is 2. The predicted molar refractivity (Wildman–Crippen MR) is 153 cm³/mol. The largest absolute Gasteiger partial charge is 0.490 e. The number of alkyl halides is 3. The molecule has 1 aliphatic heterocycles. The van der Waals surface area contributed by atoms with Crippen LogP contribution in [0.5, 0.6) is 0 Å². The number of carboxylic acids is 1. The first-order valence-corrected chi connectivity index (χ1v) is 13.5. The van der Waals surface area contributed by atoms with E-state index in [1.54, 1.807) is 17.0 Å². The van der Waals surface area contributed by atoms with Crippen molar-refractivity contribution >= 4 is 39.9 Å². The van der Waals surface area contributed by atoms with E-state index in [1.165, 1.54) is 12.1 Å². The van der Waals surface area contributed by atoms with Gasteiger partial charge in [-0.25, -0.2) is 19.2 Å². The van der Waals surface area contributed by atoms with Crippen LogP contribution in [0.1, 0.15) is 19.7 Å². The number of rotatable bonds is 6. The molecule has 1 fully saturated rings. The molecule has 0 bridgehead atoms. The summed E-state index contributed by atoms with van der Waals surface area (Å²) in [6, 6.07) is 14.9. The highest BCUT2D eigenvalue weighted by Gasteiger charge is 2.38. The lowest BCUT2D eigenvalue weighted by atomic mass is 10.2. The van der Waals surface area contributed by atoms with E-state index in [2.05, 4.69) is 43.9 Å². The molecule has 0 aliphatic carbocycles. The van der Waals surface area contributed by atoms with Crippen LogP contribution in [0.4, 0.5) is 29.3 Å². The van der Waals surface area contributed by atoms with E-state index in [-0.39, 0.29) is 5.82 Å². The summed E-state index contributed by atoms with van der Waals surface area (Å²) in [6.07, 6.45) is -3.42. The number of carboxylic acid groups (broad SMARTS) is 1. The first-order chi connectivity index (χ1) is 20.5. The quantitative estimate of drug-likeness (QED) is 0.240. The number of piperazine rings is 1. The molecule has 4 heterocycles. The fraction of sp³-hybridized carbons (Fsp3) is 0.321. The molecule has 2 aromatic carbocycles. The monoisotopic (exact) mass is 599 g/mol. The zero-order valence-electron chi connectivity index (χ0n) is 23.3. The molecule has 3 N–H and O–H groups in total. The number of halogens is 4. The summed E-state index contributed by atoms with van der Waals surface area (Å²) in [6.45, 7) is 8.45. The Bertz CT molecular complexity index is 1690. The number of hydrogen-bond donors (Lipinski definition) is 3. The maximum Gasteiger partial charge on any atom is 0.490 e. The molecule has 0 unspecified atom stereocenters. The number of carbonyl (C=O) groups is 1. The maximum atomic E-state index is 14.0. The molecule has 0 amide bonds. The number of nitrogens with one attached hydrogen (secondary N) is 2. The summed E-state index contributed by atoms with van der Waals surface area (Å²) in [5, 5.41) is 10.5. The summed E-state index contributed by atoms with van der Waals surface area (Å²) < 4.78 is 47.5. The second-order valence-electron chi connectivity index (χ2n) is 10.1. The van der Waals surface area contributed by atoms with Crippen molar-refractivity contribution in [1.29, 1.82) is 0 Å². The van der Waals surface area contributed by atoms with E-state index >= 15 is 0 Å². The van der Waals surface area contributed by atoms with Crippen molar-refractivity contribution in [3.63, 3.8) is 0 Å². The molecule has 226 valence electrons. The van der Waals surface area contributed by atoms with Gasteiger partial charge < -0.3 is 20.3 Å². The third-order valence-corrected chi connectivity index (χ3v) is 6.90. The average molecular weight is 600 g/mol. The molecule has 5 aromatic rings. The second kappa shape index (κ2) is 12.2. The van der Waals surface area contributed by atoms with E-state index in [4.69, 9.17) is 19.9 Å². The number of para-hydroxylation sites is 2. The van der Waals surface area contributed by atoms with Gasteiger partial charge in [0.2, 0.25) is 5.95 Å². The van der Waals surface area contributed by atoms with Crippen molar-refractivity contribution in [2.45, 2.75) is 32.6 Å². The Kier molecular flexibility index (Phi) is 8.43. The van der Waals surface area contributed by atoms with Crippen LogP contribution in [0.15, 0.2) is 54.9 Å². The molecule has 6 rings (SSSR count). The lowest BCUT2D eigenvalue weighted by molar-refractivity contribution is -0.192. The van der Waals surface area contributed by atoms with Gasteiger partial charge in [-0.3, -0.25) is 9.47 Å². The number of fused-ring (bicyclic) bond motifs is 2. The Labute approximate surface area is 243 Å². The molecule has 1 saturated heterocycles. The summed E-state index contributed by atoms with van der Waals surface area (Å²) in [5.74, 6) is -1.00. The molecule has 1 aliphatic rings. The van der Waals surface area contributed by atoms with Gasteiger partial charge in [0.1, 0.15) is 18.0 Å². The Balaban J connectivity index is 0.000000472. The predicted octanol–water partition coefficient (Wildman–Crippen LogP) is 4.61. The van der Waals surface area contributed by atoms with E-state index < -0.39 is 12.1 Å². The SMILES string of the molecule is CC(C)N1CCN(c2nc(NCc3nc4ccccc4[nH]3)c3ncn(-c4cccc(F)c4)c3n2)CC1.O=C(O)C(F)(F)F. The number of benzene rings is 2. The van der Waals surface area contributed by atoms with E-state index in [0.717, 1.165) is 43.0 Å². The van der Waals surface area contributed by atoms with E-state index in [9.17, 15) is 17.6 Å². The highest BCUT2D eigenvalue weighted by atomic mass is 19.4. The average Bonchev–Trinajstić information content (AvgIpc) is 3.60. The van der Waals surface area contributed by atoms with Crippen molar-refractivity contribution in [1.82, 2.24) is 34.4 Å². The minimum atomic E-state index is -5.08. The van der Waals surface area contributed by atoms with Crippen LogP contribution < -0.4 is 10.2 Å². The number of aliphatic carboxylic acids is 1. The molecule has 43 heavy (non-hydrogen) atoms. The minimum absolute atomic E-state index is 0.309. The Morgan fingerprint density at radius 3 is 2.42 bits per heavy atom. The van der Waals surface area contributed by atoms with Crippen molar-refractivity contribution in [2.24, 2.45) is 0 Å². The Morgan fingerprint density at radius 1 is 1.05 bits per heavy atom. The first kappa shape index (κ1) is 29.7. The molecule has 3 aromatic heterocycles. The summed E-state index contributed by atoms with van der Waals surface area (Å²) >= 11 is 0. The van der Waals surface area contributed by atoms with Crippen LogP contribution in [0.2, 0.25) is 0 Å². The molecule has 0 saturated carbocycles. The minimum Gasteiger partial charge on any atom is -0.475 e. The van der Waals surface area contributed by atoms with Crippen molar-refractivity contribution < 1.29 is 27.5 Å². The van der Waals surface area contributed by atoms with Crippen LogP contribution in [-0.2, 0) is 11.3 Å². The first-order valence-electron chi connectivity index (χ1n) is 13.5. The fourth-order valence-corrected chi connectivity index (χ4v) is 4.66. The molecule has 0 spiro atoms. The van der Waals surface area contributed by atoms with Gasteiger partial charge in [-0.15, -0.1) is 0 Å². The van der Waals surface area contributed by atoms with Gasteiger partial charge in [0.15, 0.2) is 17.0 Å². The number of H-pyrrole nitrogens is 1. The third-order valence-electron chi connectivity index (χ3n) is 6.90. The van der Waals surface area contributed by atoms with Gasteiger partial charge in [0.25, 0.3) is 0 Å². The topological polar surface area (TPSA) is 128 Å². The van der Waals surface area contributed by atoms with Gasteiger partial charge in [-0.1, -0.05) is 18.2 Å². The van der Waals surface area contributed by atoms with Crippen LogP contribution in [0.3, 0.4) is 0 Å². The van der Waals surface area contributed by atoms with E-state index in [0.29, 0.717) is 41.2 Å². The normalized spacial score (nSPS) is 14.3. The Morgan fingerprint density at radius 2 is 1.77 bits per heavy atom. The van der Waals surface area contributed by atoms with Crippen LogP contribution in [0, 0.1) is 5.82 Å². The number of hydrogen-bond acceptors (Lipinski definition) is 8. The third kappa shape index (κ3) is 6.83. The van der Waals surface area contributed by atoms with Gasteiger partial charge >= 0.3 is 12.1 Å². The molecular weight excluding hydrogens is 570 g/mol. The number of aromatic nitrogens is 6. The van der Waals surface area contributed by atoms with Crippen LogP contribution in [-0.4, -0.2) is 83.9 Å². The zero-order valence-corrected chi connectivity index (χ0v) is 23.3. The second-order valence-corrected chi connectivity index (χ2v) is 10.1. The lowest BCUT2D eigenvalue weighted by Gasteiger charge is -2.37. The van der Waals surface area contributed by atoms with Gasteiger partial charge in [0, 0.05) is 32.2 Å². The summed E-state index contributed by atoms with van der Waals surface area (Å²) in [5.41, 5.74) is 3.82. The maximum absolute atomic E-state index is 14.0. The standard InChI is InChI=1S/C26H28FN9.C2HF3O2/c1-17(2)34-10-12-35(13-11-34)26-32-24(28-15-22-30-20-8-3-4-9-21(20)31-22)23-25(33-26)36(16-29-23)19-7-5-6-18(27)14-19;3-2(4,5)1(6)7/h3-9,14,16-17H,10-13,15H2,1-2H3,(H,30,31)(H,28,32,33);(H,6,7). The van der Waals surface area contributed by atoms with Crippen LogP contribution in [0.25, 0.3) is 27.9 Å². The number of aromatic amines is 1. The van der Waals surface area contributed by atoms with Crippen molar-refractivity contribution in [2.75, 3.05) is 36.4 Å². The molecular formula is C28H29F4N9O2. The van der Waals surface area contributed by atoms with Crippen molar-refractivity contribution in [3.8, 4) is 5.69 Å². The molecule has 15 heteroatoms. The zero-order chi connectivity index (χ0) is 30.7. The van der Waals surface area contributed by atoms with Crippen LogP contribution >= 0.6 is 0 Å². The number of nitrogens with zero attached hydrogens (tertiary/aromatic N) is 7. The summed E-state index contributed by atoms with van der Waals surface area (Å²) in [4.78, 5) is 35.9.